The number of nitrogen functional groups attached to an aromatic ring is 1. The molecule has 0 saturated carbocycles. The molecule has 6 nitrogen and oxygen atoms in total. The first-order valence-corrected chi connectivity index (χ1v) is 4.80. The van der Waals surface area contributed by atoms with Gasteiger partial charge in [-0.1, -0.05) is 0 Å². The van der Waals surface area contributed by atoms with Gasteiger partial charge in [0.2, 0.25) is 0 Å². The van der Waals surface area contributed by atoms with Crippen molar-refractivity contribution in [2.75, 3.05) is 23.7 Å². The number of aromatic nitrogens is 2. The highest BCUT2D eigenvalue weighted by atomic mass is 16.4. The summed E-state index contributed by atoms with van der Waals surface area (Å²) >= 11 is 0. The molecule has 1 aliphatic rings. The van der Waals surface area contributed by atoms with Crippen molar-refractivity contribution in [3.8, 4) is 0 Å². The van der Waals surface area contributed by atoms with Gasteiger partial charge < -0.3 is 15.7 Å². The second kappa shape index (κ2) is 3.72. The molecule has 2 rings (SSSR count). The first kappa shape index (κ1) is 9.70. The zero-order valence-electron chi connectivity index (χ0n) is 8.18. The van der Waals surface area contributed by atoms with Crippen molar-refractivity contribution < 1.29 is 9.90 Å². The number of rotatable bonds is 2. The van der Waals surface area contributed by atoms with Crippen LogP contribution in [0.2, 0.25) is 0 Å². The van der Waals surface area contributed by atoms with Gasteiger partial charge in [-0.25, -0.2) is 4.79 Å². The number of hydrogen-bond acceptors (Lipinski definition) is 5. The molecule has 0 aromatic carbocycles. The largest absolute Gasteiger partial charge is 0.478 e. The van der Waals surface area contributed by atoms with Gasteiger partial charge in [-0.3, -0.25) is 0 Å². The molecular formula is C9H12N4O2. The molecule has 3 N–H and O–H groups in total. The summed E-state index contributed by atoms with van der Waals surface area (Å²) in [6, 6.07) is 1.48. The van der Waals surface area contributed by atoms with Crippen LogP contribution in [0.15, 0.2) is 6.07 Å². The molecule has 1 aliphatic heterocycles. The van der Waals surface area contributed by atoms with Gasteiger partial charge in [-0.2, -0.15) is 0 Å². The highest BCUT2D eigenvalue weighted by Gasteiger charge is 2.17. The lowest BCUT2D eigenvalue weighted by atomic mass is 10.2. The molecule has 15 heavy (non-hydrogen) atoms. The number of nitrogens with two attached hydrogens (primary N) is 1. The number of hydrogen-bond donors (Lipinski definition) is 2. The van der Waals surface area contributed by atoms with Gasteiger partial charge >= 0.3 is 5.97 Å². The summed E-state index contributed by atoms with van der Waals surface area (Å²) in [5.74, 6) is -0.507. The van der Waals surface area contributed by atoms with Crippen molar-refractivity contribution in [2.24, 2.45) is 0 Å². The monoisotopic (exact) mass is 208 g/mol. The molecule has 0 bridgehead atoms. The van der Waals surface area contributed by atoms with Crippen molar-refractivity contribution in [1.29, 1.82) is 0 Å². The van der Waals surface area contributed by atoms with Gasteiger partial charge in [0.15, 0.2) is 11.6 Å². The molecule has 2 heterocycles. The van der Waals surface area contributed by atoms with E-state index in [0.717, 1.165) is 25.9 Å². The van der Waals surface area contributed by atoms with E-state index in [1.54, 1.807) is 0 Å². The number of nitrogens with zero attached hydrogens (tertiary/aromatic N) is 3. The maximum Gasteiger partial charge on any atom is 0.339 e. The summed E-state index contributed by atoms with van der Waals surface area (Å²) < 4.78 is 0. The average Bonchev–Trinajstić information content (AvgIpc) is 2.71. The summed E-state index contributed by atoms with van der Waals surface area (Å²) in [5.41, 5.74) is 5.44. The van der Waals surface area contributed by atoms with Crippen LogP contribution < -0.4 is 10.6 Å². The van der Waals surface area contributed by atoms with E-state index in [2.05, 4.69) is 10.2 Å². The van der Waals surface area contributed by atoms with E-state index < -0.39 is 5.97 Å². The van der Waals surface area contributed by atoms with Gasteiger partial charge in [-0.15, -0.1) is 10.2 Å². The molecule has 0 radical (unpaired) electrons. The molecule has 1 aromatic heterocycles. The Kier molecular flexibility index (Phi) is 2.40. The summed E-state index contributed by atoms with van der Waals surface area (Å²) in [5, 5.41) is 16.4. The van der Waals surface area contributed by atoms with E-state index in [1.807, 2.05) is 4.90 Å². The SMILES string of the molecule is Nc1nnc(N2CCCC2)cc1C(=O)O. The maximum absolute atomic E-state index is 10.8. The van der Waals surface area contributed by atoms with Gasteiger partial charge in [0.25, 0.3) is 0 Å². The second-order valence-electron chi connectivity index (χ2n) is 3.50. The fourth-order valence-corrected chi connectivity index (χ4v) is 1.66. The fourth-order valence-electron chi connectivity index (χ4n) is 1.66. The van der Waals surface area contributed by atoms with E-state index in [-0.39, 0.29) is 11.4 Å². The quantitative estimate of drug-likeness (QED) is 0.728. The molecule has 1 aromatic rings. The highest BCUT2D eigenvalue weighted by molar-refractivity contribution is 5.93. The van der Waals surface area contributed by atoms with E-state index in [1.165, 1.54) is 6.07 Å². The van der Waals surface area contributed by atoms with Crippen LogP contribution in [-0.2, 0) is 0 Å². The minimum absolute atomic E-state index is 0.0203. The Morgan fingerprint density at radius 1 is 1.40 bits per heavy atom. The van der Waals surface area contributed by atoms with Crippen molar-refractivity contribution in [3.63, 3.8) is 0 Å². The summed E-state index contributed by atoms with van der Waals surface area (Å²) in [4.78, 5) is 12.8. The molecule has 80 valence electrons. The van der Waals surface area contributed by atoms with Crippen molar-refractivity contribution in [2.45, 2.75) is 12.8 Å². The summed E-state index contributed by atoms with van der Waals surface area (Å²) in [6.45, 7) is 1.80. The predicted molar refractivity (Wildman–Crippen MR) is 54.9 cm³/mol. The Hall–Kier alpha value is -1.85. The topological polar surface area (TPSA) is 92.3 Å². The van der Waals surface area contributed by atoms with E-state index >= 15 is 0 Å². The molecule has 6 heteroatoms. The van der Waals surface area contributed by atoms with Gasteiger partial charge in [-0.05, 0) is 12.8 Å². The molecule has 0 aliphatic carbocycles. The molecule has 1 saturated heterocycles. The number of carboxylic acid groups (broad SMARTS) is 1. The number of anilines is 2. The Morgan fingerprint density at radius 3 is 2.67 bits per heavy atom. The van der Waals surface area contributed by atoms with E-state index in [4.69, 9.17) is 10.8 Å². The Bertz CT molecular complexity index is 388. The Morgan fingerprint density at radius 2 is 2.07 bits per heavy atom. The van der Waals surface area contributed by atoms with Crippen molar-refractivity contribution >= 4 is 17.6 Å². The van der Waals surface area contributed by atoms with Crippen LogP contribution in [0.1, 0.15) is 23.2 Å². The zero-order chi connectivity index (χ0) is 10.8. The number of aromatic carboxylic acids is 1. The second-order valence-corrected chi connectivity index (χ2v) is 3.50. The maximum atomic E-state index is 10.8. The van der Waals surface area contributed by atoms with Crippen LogP contribution in [0.4, 0.5) is 11.6 Å². The van der Waals surface area contributed by atoms with E-state index in [9.17, 15) is 4.79 Å². The molecule has 0 atom stereocenters. The highest BCUT2D eigenvalue weighted by Crippen LogP contribution is 2.19. The minimum Gasteiger partial charge on any atom is -0.478 e. The average molecular weight is 208 g/mol. The first-order valence-electron chi connectivity index (χ1n) is 4.80. The van der Waals surface area contributed by atoms with Crippen LogP contribution in [0.3, 0.4) is 0 Å². The predicted octanol–water partition coefficient (Wildman–Crippen LogP) is 0.357. The third kappa shape index (κ3) is 1.83. The Balaban J connectivity index is 2.33. The van der Waals surface area contributed by atoms with Crippen molar-refractivity contribution in [3.05, 3.63) is 11.6 Å². The summed E-state index contributed by atoms with van der Waals surface area (Å²) in [6.07, 6.45) is 2.21. The lowest BCUT2D eigenvalue weighted by Crippen LogP contribution is -2.20. The zero-order valence-corrected chi connectivity index (χ0v) is 8.18. The van der Waals surface area contributed by atoms with Gasteiger partial charge in [0.05, 0.1) is 0 Å². The van der Waals surface area contributed by atoms with E-state index in [0.29, 0.717) is 5.82 Å². The molecule has 0 amide bonds. The first-order chi connectivity index (χ1) is 7.18. The molecule has 1 fully saturated rings. The van der Waals surface area contributed by atoms with Crippen LogP contribution in [0.25, 0.3) is 0 Å². The van der Waals surface area contributed by atoms with Crippen molar-refractivity contribution in [1.82, 2.24) is 10.2 Å². The molecule has 0 spiro atoms. The van der Waals surface area contributed by atoms with Crippen LogP contribution in [0, 0.1) is 0 Å². The third-order valence-corrected chi connectivity index (χ3v) is 2.47. The Labute approximate surface area is 86.7 Å². The van der Waals surface area contributed by atoms with Crippen LogP contribution in [-0.4, -0.2) is 34.4 Å². The van der Waals surface area contributed by atoms with Gasteiger partial charge in [0, 0.05) is 19.2 Å². The van der Waals surface area contributed by atoms with Gasteiger partial charge in [0.1, 0.15) is 5.56 Å². The summed E-state index contributed by atoms with van der Waals surface area (Å²) in [7, 11) is 0. The fraction of sp³-hybridized carbons (Fsp3) is 0.444. The standard InChI is InChI=1S/C9H12N4O2/c10-8-6(9(14)15)5-7(11-12-8)13-3-1-2-4-13/h5H,1-4H2,(H2,10,12)(H,14,15). The molecular weight excluding hydrogens is 196 g/mol. The molecule has 0 unspecified atom stereocenters. The lowest BCUT2D eigenvalue weighted by molar-refractivity contribution is 0.0697. The lowest BCUT2D eigenvalue weighted by Gasteiger charge is -2.15. The minimum atomic E-state index is -1.07. The van der Waals surface area contributed by atoms with Crippen LogP contribution in [0.5, 0.6) is 0 Å². The smallest absolute Gasteiger partial charge is 0.339 e. The third-order valence-electron chi connectivity index (χ3n) is 2.47. The normalized spacial score (nSPS) is 15.6. The van der Waals surface area contributed by atoms with Crippen LogP contribution >= 0.6 is 0 Å². The number of carbonyl (C=O) groups is 1. The number of carboxylic acids is 1.